The fourth-order valence-corrected chi connectivity index (χ4v) is 2.58. The van der Waals surface area contributed by atoms with Gasteiger partial charge in [0.15, 0.2) is 0 Å². The summed E-state index contributed by atoms with van der Waals surface area (Å²) < 4.78 is 0. The number of piperazine rings is 1. The highest BCUT2D eigenvalue weighted by Crippen LogP contribution is 2.23. The van der Waals surface area contributed by atoms with Gasteiger partial charge < -0.3 is 27.4 Å². The average molecular weight is 244 g/mol. The van der Waals surface area contributed by atoms with Gasteiger partial charge in [0.2, 0.25) is 0 Å². The summed E-state index contributed by atoms with van der Waals surface area (Å²) in [7, 11) is 0. The van der Waals surface area contributed by atoms with Crippen LogP contribution in [0, 0.1) is 0 Å². The molecule has 6 heteroatoms. The van der Waals surface area contributed by atoms with Gasteiger partial charge in [-0.2, -0.15) is 0 Å². The SMILES string of the molecule is NC(N)=C(/C=C(\N)Cl)N1CC2CCC(C1)N2. The molecule has 0 aromatic carbocycles. The maximum absolute atomic E-state index is 5.68. The lowest BCUT2D eigenvalue weighted by atomic mass is 10.2. The minimum Gasteiger partial charge on any atom is -0.389 e. The predicted octanol–water partition coefficient (Wildman–Crippen LogP) is -0.452. The van der Waals surface area contributed by atoms with Crippen molar-refractivity contribution in [3.05, 3.63) is 22.8 Å². The zero-order valence-corrected chi connectivity index (χ0v) is 9.87. The van der Waals surface area contributed by atoms with E-state index in [-0.39, 0.29) is 11.0 Å². The molecule has 0 amide bonds. The lowest BCUT2D eigenvalue weighted by molar-refractivity contribution is 0.247. The first-order valence-electron chi connectivity index (χ1n) is 5.45. The standard InChI is InChI=1S/C10H18ClN5/c11-9(12)3-8(10(13)14)16-4-6-1-2-7(5-16)15-6/h3,6-7,15H,1-2,4-5,12-14H2/b9-3-. The van der Waals surface area contributed by atoms with Crippen LogP contribution < -0.4 is 22.5 Å². The Balaban J connectivity index is 2.16. The Morgan fingerprint density at radius 1 is 1.19 bits per heavy atom. The molecular weight excluding hydrogens is 226 g/mol. The molecule has 16 heavy (non-hydrogen) atoms. The maximum Gasteiger partial charge on any atom is 0.118 e. The van der Waals surface area contributed by atoms with Crippen LogP contribution in [0.25, 0.3) is 0 Å². The molecule has 2 aliphatic heterocycles. The van der Waals surface area contributed by atoms with E-state index in [9.17, 15) is 0 Å². The number of rotatable bonds is 2. The van der Waals surface area contributed by atoms with Gasteiger partial charge in [-0.15, -0.1) is 0 Å². The molecule has 2 fully saturated rings. The monoisotopic (exact) mass is 243 g/mol. The molecule has 0 spiro atoms. The minimum atomic E-state index is 0.203. The highest BCUT2D eigenvalue weighted by atomic mass is 35.5. The van der Waals surface area contributed by atoms with Crippen molar-refractivity contribution in [3.8, 4) is 0 Å². The maximum atomic E-state index is 5.68. The fourth-order valence-electron chi connectivity index (χ4n) is 2.48. The molecule has 0 aliphatic carbocycles. The average Bonchev–Trinajstić information content (AvgIpc) is 2.53. The van der Waals surface area contributed by atoms with E-state index in [1.54, 1.807) is 6.08 Å². The summed E-state index contributed by atoms with van der Waals surface area (Å²) in [4.78, 5) is 2.16. The molecule has 2 atom stereocenters. The first-order valence-corrected chi connectivity index (χ1v) is 5.83. The highest BCUT2D eigenvalue weighted by Gasteiger charge is 2.33. The zero-order valence-electron chi connectivity index (χ0n) is 9.12. The van der Waals surface area contributed by atoms with Crippen LogP contribution in [0.2, 0.25) is 0 Å². The Labute approximate surface area is 100 Å². The molecule has 0 aromatic heterocycles. The normalized spacial score (nSPS) is 29.3. The molecule has 2 saturated heterocycles. The number of halogens is 1. The molecule has 2 heterocycles. The number of allylic oxidation sites excluding steroid dienone is 1. The first-order chi connectivity index (χ1) is 7.56. The van der Waals surface area contributed by atoms with Gasteiger partial charge in [0.1, 0.15) is 11.0 Å². The third-order valence-electron chi connectivity index (χ3n) is 3.13. The molecule has 2 bridgehead atoms. The molecule has 5 nitrogen and oxygen atoms in total. The number of nitrogens with one attached hydrogen (secondary N) is 1. The molecule has 2 aliphatic rings. The van der Waals surface area contributed by atoms with Crippen molar-refractivity contribution in [1.82, 2.24) is 10.2 Å². The zero-order chi connectivity index (χ0) is 11.7. The van der Waals surface area contributed by atoms with Crippen molar-refractivity contribution < 1.29 is 0 Å². The van der Waals surface area contributed by atoms with E-state index in [1.807, 2.05) is 0 Å². The summed E-state index contributed by atoms with van der Waals surface area (Å²) in [6.45, 7) is 1.81. The van der Waals surface area contributed by atoms with Crippen LogP contribution in [0.5, 0.6) is 0 Å². The van der Waals surface area contributed by atoms with Crippen LogP contribution in [0.1, 0.15) is 12.8 Å². The lowest BCUT2D eigenvalue weighted by Crippen LogP contribution is -2.51. The van der Waals surface area contributed by atoms with E-state index >= 15 is 0 Å². The van der Waals surface area contributed by atoms with Crippen molar-refractivity contribution in [2.45, 2.75) is 24.9 Å². The second kappa shape index (κ2) is 4.43. The second-order valence-corrected chi connectivity index (χ2v) is 4.85. The Hall–Kier alpha value is -1.07. The van der Waals surface area contributed by atoms with Crippen molar-refractivity contribution in [2.24, 2.45) is 17.2 Å². The Kier molecular flexibility index (Phi) is 3.16. The number of hydrogen-bond donors (Lipinski definition) is 4. The Bertz CT molecular complexity index is 318. The van der Waals surface area contributed by atoms with Crippen LogP contribution in [0.3, 0.4) is 0 Å². The van der Waals surface area contributed by atoms with Gasteiger partial charge in [-0.3, -0.25) is 0 Å². The third-order valence-corrected chi connectivity index (χ3v) is 3.24. The van der Waals surface area contributed by atoms with E-state index in [4.69, 9.17) is 28.8 Å². The number of hydrogen-bond acceptors (Lipinski definition) is 5. The summed E-state index contributed by atoms with van der Waals surface area (Å²) in [5.74, 6) is 0.268. The van der Waals surface area contributed by atoms with Crippen LogP contribution >= 0.6 is 11.6 Å². The van der Waals surface area contributed by atoms with E-state index in [2.05, 4.69) is 10.2 Å². The molecule has 2 unspecified atom stereocenters. The van der Waals surface area contributed by atoms with Gasteiger partial charge in [-0.1, -0.05) is 11.6 Å². The van der Waals surface area contributed by atoms with Gasteiger partial charge in [0.05, 0.1) is 5.70 Å². The molecule has 2 rings (SSSR count). The van der Waals surface area contributed by atoms with Crippen LogP contribution in [-0.4, -0.2) is 30.1 Å². The Morgan fingerprint density at radius 3 is 2.19 bits per heavy atom. The van der Waals surface area contributed by atoms with E-state index < -0.39 is 0 Å². The van der Waals surface area contributed by atoms with Gasteiger partial charge in [0, 0.05) is 25.2 Å². The molecule has 0 aromatic rings. The topological polar surface area (TPSA) is 93.3 Å². The Morgan fingerprint density at radius 2 is 1.75 bits per heavy atom. The van der Waals surface area contributed by atoms with Crippen molar-refractivity contribution in [3.63, 3.8) is 0 Å². The van der Waals surface area contributed by atoms with Crippen LogP contribution in [0.15, 0.2) is 22.8 Å². The smallest absolute Gasteiger partial charge is 0.118 e. The predicted molar refractivity (Wildman–Crippen MR) is 65.0 cm³/mol. The minimum absolute atomic E-state index is 0.203. The lowest BCUT2D eigenvalue weighted by Gasteiger charge is -2.35. The molecule has 0 saturated carbocycles. The van der Waals surface area contributed by atoms with Gasteiger partial charge in [0.25, 0.3) is 0 Å². The largest absolute Gasteiger partial charge is 0.389 e. The van der Waals surface area contributed by atoms with E-state index in [0.29, 0.717) is 12.1 Å². The molecule has 0 radical (unpaired) electrons. The summed E-state index contributed by atoms with van der Waals surface area (Å²) in [5, 5.41) is 3.74. The van der Waals surface area contributed by atoms with Crippen LogP contribution in [0.4, 0.5) is 0 Å². The number of nitrogens with zero attached hydrogens (tertiary/aromatic N) is 1. The summed E-state index contributed by atoms with van der Waals surface area (Å²) in [6, 6.07) is 1.05. The first kappa shape index (κ1) is 11.4. The number of fused-ring (bicyclic) bond motifs is 2. The van der Waals surface area contributed by atoms with Gasteiger partial charge >= 0.3 is 0 Å². The third kappa shape index (κ3) is 2.36. The number of likely N-dealkylation sites (tertiary alicyclic amines) is 1. The van der Waals surface area contributed by atoms with Crippen molar-refractivity contribution in [2.75, 3.05) is 13.1 Å². The fraction of sp³-hybridized carbons (Fsp3) is 0.600. The summed E-state index contributed by atoms with van der Waals surface area (Å²) in [5.41, 5.74) is 17.5. The van der Waals surface area contributed by atoms with Crippen LogP contribution in [-0.2, 0) is 0 Å². The quantitative estimate of drug-likeness (QED) is 0.389. The van der Waals surface area contributed by atoms with E-state index in [1.165, 1.54) is 12.8 Å². The second-order valence-electron chi connectivity index (χ2n) is 4.41. The number of nitrogens with two attached hydrogens (primary N) is 3. The molecule has 90 valence electrons. The van der Waals surface area contributed by atoms with Gasteiger partial charge in [-0.05, 0) is 18.9 Å². The molecule has 7 N–H and O–H groups in total. The molecular formula is C10H18ClN5. The van der Waals surface area contributed by atoms with Gasteiger partial charge in [-0.25, -0.2) is 0 Å². The van der Waals surface area contributed by atoms with E-state index in [0.717, 1.165) is 18.8 Å². The summed E-state index contributed by atoms with van der Waals surface area (Å²) >= 11 is 5.68. The van der Waals surface area contributed by atoms with Crippen molar-refractivity contribution in [1.29, 1.82) is 0 Å². The summed E-state index contributed by atoms with van der Waals surface area (Å²) in [6.07, 6.45) is 4.04. The highest BCUT2D eigenvalue weighted by molar-refractivity contribution is 6.29. The van der Waals surface area contributed by atoms with Crippen molar-refractivity contribution >= 4 is 11.6 Å².